The highest BCUT2D eigenvalue weighted by Gasteiger charge is 2.45. The van der Waals surface area contributed by atoms with Crippen LogP contribution in [0.2, 0.25) is 5.02 Å². The van der Waals surface area contributed by atoms with Crippen molar-refractivity contribution in [1.29, 1.82) is 0 Å². The van der Waals surface area contributed by atoms with Gasteiger partial charge in [-0.15, -0.1) is 0 Å². The Balaban J connectivity index is 1.68. The summed E-state index contributed by atoms with van der Waals surface area (Å²) in [7, 11) is 1.49. The zero-order chi connectivity index (χ0) is 24.9. The van der Waals surface area contributed by atoms with Crippen LogP contribution in [0, 0.1) is 0 Å². The lowest BCUT2D eigenvalue weighted by Crippen LogP contribution is -2.31. The first-order valence-corrected chi connectivity index (χ1v) is 11.6. The molecule has 0 radical (unpaired) electrons. The summed E-state index contributed by atoms with van der Waals surface area (Å²) in [5.74, 6) is -1.82. The second kappa shape index (κ2) is 8.79. The van der Waals surface area contributed by atoms with Gasteiger partial charge in [-0.3, -0.25) is 14.5 Å². The number of ketones is 1. The number of hydrogen-bond acceptors (Lipinski definition) is 6. The second-order valence-electron chi connectivity index (χ2n) is 7.87. The first-order chi connectivity index (χ1) is 16.8. The van der Waals surface area contributed by atoms with Crippen molar-refractivity contribution in [1.82, 2.24) is 0 Å². The zero-order valence-corrected chi connectivity index (χ0v) is 20.5. The van der Waals surface area contributed by atoms with E-state index in [2.05, 4.69) is 15.9 Å². The summed E-state index contributed by atoms with van der Waals surface area (Å²) >= 11 is 9.55. The number of furan rings is 1. The van der Waals surface area contributed by atoms with Gasteiger partial charge in [0.2, 0.25) is 5.78 Å². The number of halogens is 2. The lowest BCUT2D eigenvalue weighted by Gasteiger charge is -2.27. The van der Waals surface area contributed by atoms with E-state index in [4.69, 9.17) is 20.8 Å². The molecule has 1 atom stereocenters. The van der Waals surface area contributed by atoms with Crippen LogP contribution in [0.1, 0.15) is 22.2 Å². The third-order valence-corrected chi connectivity index (χ3v) is 6.57. The maximum atomic E-state index is 13.7. The summed E-state index contributed by atoms with van der Waals surface area (Å²) in [5, 5.41) is 21.6. The Morgan fingerprint density at radius 1 is 1.09 bits per heavy atom. The Bertz CT molecular complexity index is 1540. The Labute approximate surface area is 212 Å². The molecule has 2 N–H and O–H groups in total. The van der Waals surface area contributed by atoms with Crippen molar-refractivity contribution >= 4 is 55.9 Å². The lowest BCUT2D eigenvalue weighted by atomic mass is 9.94. The molecule has 1 amide bonds. The van der Waals surface area contributed by atoms with Crippen LogP contribution in [0.4, 0.5) is 5.69 Å². The number of aliphatic hydroxyl groups is 1. The Morgan fingerprint density at radius 2 is 1.89 bits per heavy atom. The topological polar surface area (TPSA) is 100 Å². The number of carbonyl (C=O) groups is 2. The first kappa shape index (κ1) is 23.0. The largest absolute Gasteiger partial charge is 0.506 e. The van der Waals surface area contributed by atoms with Crippen LogP contribution in [-0.4, -0.2) is 29.0 Å². The molecule has 5 rings (SSSR count). The molecule has 176 valence electrons. The van der Waals surface area contributed by atoms with E-state index in [-0.39, 0.29) is 22.1 Å². The van der Waals surface area contributed by atoms with E-state index in [9.17, 15) is 19.8 Å². The van der Waals surface area contributed by atoms with Crippen LogP contribution in [0.3, 0.4) is 0 Å². The molecule has 1 unspecified atom stereocenters. The first-order valence-electron chi connectivity index (χ1n) is 10.4. The number of aromatic hydroxyl groups is 1. The number of phenolic OH excluding ortho intramolecular Hbond substituents is 1. The fraction of sp³-hybridized carbons (Fsp3) is 0.0769. The molecule has 0 saturated carbocycles. The monoisotopic (exact) mass is 553 g/mol. The van der Waals surface area contributed by atoms with E-state index < -0.39 is 23.5 Å². The van der Waals surface area contributed by atoms with Crippen LogP contribution < -0.4 is 9.64 Å². The zero-order valence-electron chi connectivity index (χ0n) is 18.2. The molecular weight excluding hydrogens is 538 g/mol. The van der Waals surface area contributed by atoms with Crippen LogP contribution in [-0.2, 0) is 4.79 Å². The molecule has 2 heterocycles. The van der Waals surface area contributed by atoms with Crippen molar-refractivity contribution < 1.29 is 29.0 Å². The van der Waals surface area contributed by atoms with E-state index in [1.807, 2.05) is 0 Å². The van der Waals surface area contributed by atoms with Crippen LogP contribution >= 0.6 is 27.5 Å². The van der Waals surface area contributed by atoms with Gasteiger partial charge >= 0.3 is 0 Å². The number of rotatable bonds is 5. The summed E-state index contributed by atoms with van der Waals surface area (Å²) in [5.41, 5.74) is 1.12. The minimum atomic E-state index is -1.04. The average Bonchev–Trinajstić information content (AvgIpc) is 3.39. The number of phenols is 1. The van der Waals surface area contributed by atoms with E-state index in [0.29, 0.717) is 28.0 Å². The number of methoxy groups -OCH3 is 1. The number of Topliss-reactive ketones (excluding diaryl/α,β-unsaturated/α-hetero) is 1. The summed E-state index contributed by atoms with van der Waals surface area (Å²) < 4.78 is 11.8. The van der Waals surface area contributed by atoms with Crippen molar-refractivity contribution in [2.24, 2.45) is 0 Å². The fourth-order valence-corrected chi connectivity index (χ4v) is 4.70. The van der Waals surface area contributed by atoms with Gasteiger partial charge in [-0.05, 0) is 54.1 Å². The smallest absolute Gasteiger partial charge is 0.294 e. The van der Waals surface area contributed by atoms with Gasteiger partial charge in [-0.25, -0.2) is 0 Å². The van der Waals surface area contributed by atoms with E-state index in [0.717, 1.165) is 4.47 Å². The van der Waals surface area contributed by atoms with Gasteiger partial charge in [-0.1, -0.05) is 39.7 Å². The number of amides is 1. The highest BCUT2D eigenvalue weighted by Crippen LogP contribution is 2.44. The molecule has 0 aliphatic carbocycles. The number of ether oxygens (including phenoxy) is 1. The molecule has 7 nitrogen and oxygen atoms in total. The van der Waals surface area contributed by atoms with E-state index in [1.165, 1.54) is 30.2 Å². The highest BCUT2D eigenvalue weighted by atomic mass is 79.9. The quantitative estimate of drug-likeness (QED) is 0.279. The second-order valence-corrected chi connectivity index (χ2v) is 9.20. The molecular formula is C26H17BrClNO6. The molecule has 1 aliphatic rings. The predicted molar refractivity (Wildman–Crippen MR) is 134 cm³/mol. The van der Waals surface area contributed by atoms with Crippen molar-refractivity contribution in [3.63, 3.8) is 0 Å². The Kier molecular flexibility index (Phi) is 5.78. The Hall–Kier alpha value is -3.75. The number of benzene rings is 3. The van der Waals surface area contributed by atoms with Crippen LogP contribution in [0.25, 0.3) is 11.0 Å². The van der Waals surface area contributed by atoms with Gasteiger partial charge in [0.1, 0.15) is 17.1 Å². The maximum absolute atomic E-state index is 13.7. The van der Waals surface area contributed by atoms with Crippen molar-refractivity contribution in [2.75, 3.05) is 12.0 Å². The molecule has 0 bridgehead atoms. The standard InChI is InChI=1S/C26H17BrClNO6/c1-34-17-4-2-3-16(12-17)29-23(13-5-7-19(30)18(28)10-13)22(25(32)26(29)33)24(31)21-11-14-9-15(27)6-8-20(14)35-21/h2-12,23,30,32H,1H3. The summed E-state index contributed by atoms with van der Waals surface area (Å²) in [6.45, 7) is 0. The van der Waals surface area contributed by atoms with Crippen molar-refractivity contribution in [3.8, 4) is 11.5 Å². The molecule has 35 heavy (non-hydrogen) atoms. The van der Waals surface area contributed by atoms with Gasteiger partial charge in [-0.2, -0.15) is 0 Å². The molecule has 1 aromatic heterocycles. The molecule has 1 aliphatic heterocycles. The maximum Gasteiger partial charge on any atom is 0.294 e. The van der Waals surface area contributed by atoms with Crippen molar-refractivity contribution in [3.05, 3.63) is 98.9 Å². The highest BCUT2D eigenvalue weighted by molar-refractivity contribution is 9.10. The average molecular weight is 555 g/mol. The number of anilines is 1. The normalized spacial score (nSPS) is 15.8. The molecule has 0 saturated heterocycles. The molecule has 0 fully saturated rings. The van der Waals surface area contributed by atoms with E-state index >= 15 is 0 Å². The molecule has 3 aromatic carbocycles. The van der Waals surface area contributed by atoms with E-state index in [1.54, 1.807) is 48.5 Å². The van der Waals surface area contributed by atoms with Gasteiger partial charge < -0.3 is 19.4 Å². The minimum absolute atomic E-state index is 0.0326. The fourth-order valence-electron chi connectivity index (χ4n) is 4.13. The van der Waals surface area contributed by atoms with Crippen LogP contribution in [0.15, 0.2) is 87.0 Å². The molecule has 9 heteroatoms. The lowest BCUT2D eigenvalue weighted by molar-refractivity contribution is -0.117. The number of aliphatic hydroxyl groups excluding tert-OH is 1. The third kappa shape index (κ3) is 3.94. The summed E-state index contributed by atoms with van der Waals surface area (Å²) in [4.78, 5) is 28.3. The van der Waals surface area contributed by atoms with Gasteiger partial charge in [0.25, 0.3) is 5.91 Å². The number of nitrogens with zero attached hydrogens (tertiary/aromatic N) is 1. The molecule has 4 aromatic rings. The van der Waals surface area contributed by atoms with Gasteiger partial charge in [0, 0.05) is 21.6 Å². The summed E-state index contributed by atoms with van der Waals surface area (Å²) in [6, 6.07) is 16.8. The summed E-state index contributed by atoms with van der Waals surface area (Å²) in [6.07, 6.45) is 0. The third-order valence-electron chi connectivity index (χ3n) is 5.77. The van der Waals surface area contributed by atoms with Gasteiger partial charge in [0.15, 0.2) is 11.5 Å². The number of hydrogen-bond donors (Lipinski definition) is 2. The number of carbonyl (C=O) groups excluding carboxylic acids is 2. The van der Waals surface area contributed by atoms with Gasteiger partial charge in [0.05, 0.1) is 23.7 Å². The SMILES string of the molecule is COc1cccc(N2C(=O)C(O)=C(C(=O)c3cc4cc(Br)ccc4o3)C2c2ccc(O)c(Cl)c2)c1. The predicted octanol–water partition coefficient (Wildman–Crippen LogP) is 6.35. The number of fused-ring (bicyclic) bond motifs is 1. The van der Waals surface area contributed by atoms with Crippen molar-refractivity contribution in [2.45, 2.75) is 6.04 Å². The minimum Gasteiger partial charge on any atom is -0.506 e. The Morgan fingerprint density at radius 3 is 2.63 bits per heavy atom. The molecule has 0 spiro atoms. The van der Waals surface area contributed by atoms with Crippen LogP contribution in [0.5, 0.6) is 11.5 Å².